The Hall–Kier alpha value is -4.02. The molecule has 43 heavy (non-hydrogen) atoms. The molecule has 0 aliphatic rings. The lowest BCUT2D eigenvalue weighted by Gasteiger charge is -2.36. The molecule has 236 valence electrons. The first-order valence-corrected chi connectivity index (χ1v) is 17.8. The summed E-state index contributed by atoms with van der Waals surface area (Å²) < 4.78 is 40.9. The number of nitrogens with zero attached hydrogens (tertiary/aromatic N) is 2. The number of ether oxygens (including phenoxy) is 2. The van der Waals surface area contributed by atoms with E-state index in [-0.39, 0.29) is 23.1 Å². The molecule has 0 bridgehead atoms. The minimum absolute atomic E-state index is 0.100. The van der Waals surface area contributed by atoms with Gasteiger partial charge in [0, 0.05) is 11.8 Å². The average Bonchev–Trinajstić information content (AvgIpc) is 2.91. The SMILES string of the molecule is CC(C)(C)[Si](C)(C)OC/C(=C(\COC(=O)OCC(CO[N+](=O)[O-])O[N+](=O)[O-])c1ccc(S(C)(=O)=O)cc1)c1ccccc1. The van der Waals surface area contributed by atoms with Crippen molar-refractivity contribution >= 4 is 35.5 Å². The predicted molar refractivity (Wildman–Crippen MR) is 158 cm³/mol. The Morgan fingerprint density at radius 1 is 0.860 bits per heavy atom. The van der Waals surface area contributed by atoms with Gasteiger partial charge in [-0.25, -0.2) is 13.2 Å². The van der Waals surface area contributed by atoms with Crippen LogP contribution < -0.4 is 0 Å². The van der Waals surface area contributed by atoms with E-state index in [0.717, 1.165) is 11.8 Å². The molecule has 0 aliphatic carbocycles. The van der Waals surface area contributed by atoms with Crippen LogP contribution in [0.1, 0.15) is 31.9 Å². The highest BCUT2D eigenvalue weighted by molar-refractivity contribution is 7.90. The highest BCUT2D eigenvalue weighted by Gasteiger charge is 2.37. The van der Waals surface area contributed by atoms with Crippen molar-refractivity contribution in [1.82, 2.24) is 0 Å². The van der Waals surface area contributed by atoms with Crippen LogP contribution >= 0.6 is 0 Å². The Morgan fingerprint density at radius 2 is 1.42 bits per heavy atom. The predicted octanol–water partition coefficient (Wildman–Crippen LogP) is 4.96. The van der Waals surface area contributed by atoms with Crippen LogP contribution in [0.2, 0.25) is 18.1 Å². The molecule has 2 aromatic rings. The van der Waals surface area contributed by atoms with Gasteiger partial charge in [-0.3, -0.25) is 0 Å². The van der Waals surface area contributed by atoms with Crippen LogP contribution in [-0.2, 0) is 33.4 Å². The van der Waals surface area contributed by atoms with E-state index in [0.29, 0.717) is 16.7 Å². The van der Waals surface area contributed by atoms with Crippen LogP contribution in [0.5, 0.6) is 0 Å². The number of sulfone groups is 1. The van der Waals surface area contributed by atoms with E-state index in [2.05, 4.69) is 43.5 Å². The van der Waals surface area contributed by atoms with Gasteiger partial charge in [-0.05, 0) is 47.0 Å². The third-order valence-corrected chi connectivity index (χ3v) is 12.4. The summed E-state index contributed by atoms with van der Waals surface area (Å²) >= 11 is 0. The quantitative estimate of drug-likeness (QED) is 0.0839. The van der Waals surface area contributed by atoms with Crippen molar-refractivity contribution in [1.29, 1.82) is 0 Å². The molecule has 1 atom stereocenters. The van der Waals surface area contributed by atoms with Gasteiger partial charge >= 0.3 is 6.16 Å². The number of carbonyl (C=O) groups excluding carboxylic acids is 1. The molecule has 0 saturated heterocycles. The Labute approximate surface area is 250 Å². The Kier molecular flexibility index (Phi) is 12.2. The maximum atomic E-state index is 12.5. The summed E-state index contributed by atoms with van der Waals surface area (Å²) in [6, 6.07) is 15.3. The molecule has 0 aromatic heterocycles. The summed E-state index contributed by atoms with van der Waals surface area (Å²) in [6.07, 6.45) is -1.72. The summed E-state index contributed by atoms with van der Waals surface area (Å²) in [7, 11) is -5.73. The number of hydrogen-bond donors (Lipinski definition) is 0. The zero-order valence-electron chi connectivity index (χ0n) is 24.8. The molecule has 16 heteroatoms. The number of carbonyl (C=O) groups is 1. The average molecular weight is 641 g/mol. The van der Waals surface area contributed by atoms with Gasteiger partial charge in [-0.15, -0.1) is 20.2 Å². The maximum Gasteiger partial charge on any atom is 0.508 e. The van der Waals surface area contributed by atoms with Gasteiger partial charge in [0.25, 0.3) is 10.2 Å². The first-order chi connectivity index (χ1) is 19.9. The molecule has 2 rings (SSSR count). The molecule has 0 radical (unpaired) electrons. The van der Waals surface area contributed by atoms with Crippen molar-refractivity contribution in [2.45, 2.75) is 49.9 Å². The second-order valence-corrected chi connectivity index (χ2v) is 17.8. The summed E-state index contributed by atoms with van der Waals surface area (Å²) in [4.78, 5) is 42.1. The fourth-order valence-corrected chi connectivity index (χ4v) is 4.98. The molecule has 2 aromatic carbocycles. The first kappa shape index (κ1) is 35.2. The van der Waals surface area contributed by atoms with E-state index >= 15 is 0 Å². The van der Waals surface area contributed by atoms with Crippen molar-refractivity contribution in [2.24, 2.45) is 0 Å². The smallest absolute Gasteiger partial charge is 0.432 e. The third-order valence-electron chi connectivity index (χ3n) is 6.82. The van der Waals surface area contributed by atoms with Crippen LogP contribution in [0.15, 0.2) is 59.5 Å². The number of benzene rings is 2. The van der Waals surface area contributed by atoms with Gasteiger partial charge in [-0.2, -0.15) is 0 Å². The molecular formula is C27H36N2O12SSi. The van der Waals surface area contributed by atoms with Crippen molar-refractivity contribution < 1.29 is 47.0 Å². The molecule has 0 fully saturated rings. The van der Waals surface area contributed by atoms with Crippen LogP contribution in [-0.4, -0.2) is 71.9 Å². The number of rotatable bonds is 15. The molecule has 0 spiro atoms. The molecule has 14 nitrogen and oxygen atoms in total. The van der Waals surface area contributed by atoms with Crippen LogP contribution in [0, 0.1) is 20.2 Å². The summed E-state index contributed by atoms with van der Waals surface area (Å²) in [5.74, 6) is 0. The van der Waals surface area contributed by atoms with E-state index < -0.39 is 53.8 Å². The highest BCUT2D eigenvalue weighted by Crippen LogP contribution is 2.38. The zero-order chi connectivity index (χ0) is 32.4. The van der Waals surface area contributed by atoms with Gasteiger partial charge < -0.3 is 23.6 Å². The van der Waals surface area contributed by atoms with E-state index in [4.69, 9.17) is 13.9 Å². The molecule has 0 saturated carbocycles. The van der Waals surface area contributed by atoms with E-state index in [1.807, 2.05) is 30.3 Å². The van der Waals surface area contributed by atoms with Crippen LogP contribution in [0.4, 0.5) is 4.79 Å². The minimum atomic E-state index is -3.48. The van der Waals surface area contributed by atoms with E-state index in [1.165, 1.54) is 12.1 Å². The molecule has 0 heterocycles. The largest absolute Gasteiger partial charge is 0.508 e. The highest BCUT2D eigenvalue weighted by atomic mass is 32.2. The Balaban J connectivity index is 2.45. The van der Waals surface area contributed by atoms with E-state index in [1.54, 1.807) is 12.1 Å². The second kappa shape index (κ2) is 14.9. The molecule has 0 aliphatic heterocycles. The maximum absolute atomic E-state index is 12.5. The second-order valence-electron chi connectivity index (χ2n) is 11.0. The van der Waals surface area contributed by atoms with Crippen molar-refractivity contribution in [3.8, 4) is 0 Å². The summed E-state index contributed by atoms with van der Waals surface area (Å²) in [5, 5.41) is 18.7. The topological polar surface area (TPSA) is 184 Å². The van der Waals surface area contributed by atoms with Gasteiger partial charge in [-0.1, -0.05) is 63.2 Å². The lowest BCUT2D eigenvalue weighted by molar-refractivity contribution is -0.790. The van der Waals surface area contributed by atoms with E-state index in [9.17, 15) is 33.4 Å². The molecular weight excluding hydrogens is 604 g/mol. The minimum Gasteiger partial charge on any atom is -0.432 e. The summed E-state index contributed by atoms with van der Waals surface area (Å²) in [6.45, 7) is 8.66. The first-order valence-electron chi connectivity index (χ1n) is 13.0. The summed E-state index contributed by atoms with van der Waals surface area (Å²) in [5.41, 5.74) is 2.50. The van der Waals surface area contributed by atoms with Crippen molar-refractivity contribution in [2.75, 3.05) is 32.7 Å². The van der Waals surface area contributed by atoms with Crippen LogP contribution in [0.25, 0.3) is 11.1 Å². The zero-order valence-corrected chi connectivity index (χ0v) is 26.6. The van der Waals surface area contributed by atoms with Crippen LogP contribution in [0.3, 0.4) is 0 Å². The lowest BCUT2D eigenvalue weighted by Crippen LogP contribution is -2.41. The Morgan fingerprint density at radius 3 is 1.93 bits per heavy atom. The fraction of sp³-hybridized carbons (Fsp3) is 0.444. The molecule has 1 unspecified atom stereocenters. The lowest BCUT2D eigenvalue weighted by atomic mass is 9.95. The van der Waals surface area contributed by atoms with Gasteiger partial charge in [0.1, 0.15) is 19.8 Å². The third kappa shape index (κ3) is 11.3. The standard InChI is InChI=1S/C27H36N2O12SSi/c1-27(2,3)43(5,6)40-19-25(20-10-8-7-9-11-20)24(21-12-14-23(15-13-21)42(4,35)36)18-38-26(30)37-16-22(41-29(33)34)17-39-28(31)32/h7-15,22H,16-19H2,1-6H3/b25-24-. The number of hydrogen-bond acceptors (Lipinski definition) is 12. The monoisotopic (exact) mass is 640 g/mol. The molecule has 0 N–H and O–H groups in total. The van der Waals surface area contributed by atoms with Crippen molar-refractivity contribution in [3.63, 3.8) is 0 Å². The van der Waals surface area contributed by atoms with Gasteiger partial charge in [0.2, 0.25) is 0 Å². The normalized spacial score (nSPS) is 13.3. The Bertz CT molecular complexity index is 1410. The fourth-order valence-electron chi connectivity index (χ4n) is 3.41. The molecule has 0 amide bonds. The van der Waals surface area contributed by atoms with Crippen molar-refractivity contribution in [3.05, 3.63) is 86.0 Å². The van der Waals surface area contributed by atoms with Gasteiger partial charge in [0.15, 0.2) is 24.3 Å². The van der Waals surface area contributed by atoms with Gasteiger partial charge in [0.05, 0.1) is 11.5 Å².